The second-order valence-corrected chi connectivity index (χ2v) is 7.37. The maximum absolute atomic E-state index is 11.9. The maximum Gasteiger partial charge on any atom is 0.224 e. The highest BCUT2D eigenvalue weighted by Crippen LogP contribution is 2.12. The number of hydrogen-bond donors (Lipinski definition) is 1. The van der Waals surface area contributed by atoms with E-state index in [0.717, 1.165) is 45.6 Å². The molecule has 1 saturated heterocycles. The summed E-state index contributed by atoms with van der Waals surface area (Å²) in [7, 11) is 1.89. The topological polar surface area (TPSA) is 32.8 Å². The first kappa shape index (κ1) is 18.8. The molecule has 0 aromatic carbocycles. The molecular weight excluding hydrogens is 284 g/mol. The molecule has 5 heteroatoms. The number of thiol groups is 1. The van der Waals surface area contributed by atoms with E-state index in [4.69, 9.17) is 4.74 Å². The van der Waals surface area contributed by atoms with E-state index in [1.54, 1.807) is 0 Å². The Balaban J connectivity index is 2.25. The van der Waals surface area contributed by atoms with Gasteiger partial charge in [0.05, 0.1) is 12.7 Å². The number of carbonyl (C=O) groups is 1. The molecule has 0 aromatic heterocycles. The lowest BCUT2D eigenvalue weighted by atomic mass is 10.1. The van der Waals surface area contributed by atoms with Crippen molar-refractivity contribution in [2.75, 3.05) is 39.8 Å². The third kappa shape index (κ3) is 7.52. The third-order valence-electron chi connectivity index (χ3n) is 3.98. The van der Waals surface area contributed by atoms with Gasteiger partial charge in [-0.1, -0.05) is 20.8 Å². The van der Waals surface area contributed by atoms with Crippen molar-refractivity contribution in [2.24, 2.45) is 5.92 Å². The maximum atomic E-state index is 11.9. The summed E-state index contributed by atoms with van der Waals surface area (Å²) in [6, 6.07) is 0. The molecule has 1 fully saturated rings. The van der Waals surface area contributed by atoms with Crippen molar-refractivity contribution in [2.45, 2.75) is 51.4 Å². The standard InChI is InChI=1S/C16H32N2O2S/c1-13(2)16(19)17(4)9-7-15-12-18(10-11-20-15)8-5-6-14(3)21/h13-15,21H,5-12H2,1-4H3/t14?,15-/m0/s1. The van der Waals surface area contributed by atoms with Crippen LogP contribution in [0.3, 0.4) is 0 Å². The van der Waals surface area contributed by atoms with Crippen LogP contribution < -0.4 is 0 Å². The van der Waals surface area contributed by atoms with Crippen LogP contribution in [0, 0.1) is 5.92 Å². The summed E-state index contributed by atoms with van der Waals surface area (Å²) in [5.74, 6) is 0.285. The Hall–Kier alpha value is -0.260. The quantitative estimate of drug-likeness (QED) is 0.698. The van der Waals surface area contributed by atoms with E-state index in [-0.39, 0.29) is 17.9 Å². The molecule has 1 rings (SSSR count). The number of ether oxygens (including phenoxy) is 1. The summed E-state index contributed by atoms with van der Waals surface area (Å²) < 4.78 is 5.83. The molecule has 1 heterocycles. The molecule has 1 unspecified atom stereocenters. The molecule has 2 atom stereocenters. The summed E-state index contributed by atoms with van der Waals surface area (Å²) in [6.45, 7) is 10.8. The fourth-order valence-corrected chi connectivity index (χ4v) is 2.84. The normalized spacial score (nSPS) is 21.5. The molecule has 0 bridgehead atoms. The second kappa shape index (κ2) is 9.70. The summed E-state index contributed by atoms with van der Waals surface area (Å²) in [5.41, 5.74) is 0. The van der Waals surface area contributed by atoms with Crippen LogP contribution in [-0.4, -0.2) is 66.9 Å². The highest BCUT2D eigenvalue weighted by atomic mass is 32.1. The molecule has 1 aliphatic rings. The first-order valence-electron chi connectivity index (χ1n) is 8.17. The average molecular weight is 317 g/mol. The Kier molecular flexibility index (Phi) is 8.67. The van der Waals surface area contributed by atoms with Crippen LogP contribution in [-0.2, 0) is 9.53 Å². The smallest absolute Gasteiger partial charge is 0.224 e. The first-order chi connectivity index (χ1) is 9.90. The summed E-state index contributed by atoms with van der Waals surface area (Å²) >= 11 is 4.42. The molecule has 0 aromatic rings. The van der Waals surface area contributed by atoms with E-state index >= 15 is 0 Å². The fourth-order valence-electron chi connectivity index (χ4n) is 2.66. The first-order valence-corrected chi connectivity index (χ1v) is 8.68. The largest absolute Gasteiger partial charge is 0.375 e. The van der Waals surface area contributed by atoms with Gasteiger partial charge >= 0.3 is 0 Å². The van der Waals surface area contributed by atoms with Crippen molar-refractivity contribution in [1.29, 1.82) is 0 Å². The van der Waals surface area contributed by atoms with Gasteiger partial charge in [0.15, 0.2) is 0 Å². The van der Waals surface area contributed by atoms with Crippen LogP contribution in [0.2, 0.25) is 0 Å². The van der Waals surface area contributed by atoms with Gasteiger partial charge in [-0.3, -0.25) is 9.69 Å². The Bertz CT molecular complexity index is 311. The third-order valence-corrected chi connectivity index (χ3v) is 4.23. The van der Waals surface area contributed by atoms with E-state index < -0.39 is 0 Å². The van der Waals surface area contributed by atoms with Gasteiger partial charge in [-0.25, -0.2) is 0 Å². The molecule has 0 spiro atoms. The summed E-state index contributed by atoms with van der Waals surface area (Å²) in [6.07, 6.45) is 3.54. The lowest BCUT2D eigenvalue weighted by Gasteiger charge is -2.34. The van der Waals surface area contributed by atoms with Crippen molar-refractivity contribution in [3.63, 3.8) is 0 Å². The van der Waals surface area contributed by atoms with Crippen LogP contribution in [0.1, 0.15) is 40.0 Å². The van der Waals surface area contributed by atoms with E-state index in [9.17, 15) is 4.79 Å². The Morgan fingerprint density at radius 1 is 1.43 bits per heavy atom. The van der Waals surface area contributed by atoms with Crippen molar-refractivity contribution in [1.82, 2.24) is 9.80 Å². The van der Waals surface area contributed by atoms with E-state index in [2.05, 4.69) is 24.5 Å². The SMILES string of the molecule is CC(S)CCCN1CCO[C@@H](CCN(C)C(=O)C(C)C)C1. The van der Waals surface area contributed by atoms with Crippen LogP contribution in [0.4, 0.5) is 0 Å². The van der Waals surface area contributed by atoms with Crippen LogP contribution >= 0.6 is 12.6 Å². The number of hydrogen-bond acceptors (Lipinski definition) is 4. The van der Waals surface area contributed by atoms with Gasteiger partial charge in [0.25, 0.3) is 0 Å². The van der Waals surface area contributed by atoms with Crippen molar-refractivity contribution in [3.8, 4) is 0 Å². The van der Waals surface area contributed by atoms with E-state index in [1.807, 2.05) is 25.8 Å². The minimum atomic E-state index is 0.0713. The number of amides is 1. The van der Waals surface area contributed by atoms with Gasteiger partial charge in [0.2, 0.25) is 5.91 Å². The zero-order chi connectivity index (χ0) is 15.8. The molecule has 0 aliphatic carbocycles. The lowest BCUT2D eigenvalue weighted by molar-refractivity contribution is -0.133. The summed E-state index contributed by atoms with van der Waals surface area (Å²) in [4.78, 5) is 16.2. The predicted molar refractivity (Wildman–Crippen MR) is 91.0 cm³/mol. The number of morpholine rings is 1. The highest BCUT2D eigenvalue weighted by molar-refractivity contribution is 7.80. The Morgan fingerprint density at radius 2 is 2.14 bits per heavy atom. The molecule has 4 nitrogen and oxygen atoms in total. The van der Waals surface area contributed by atoms with Gasteiger partial charge in [0.1, 0.15) is 0 Å². The lowest BCUT2D eigenvalue weighted by Crippen LogP contribution is -2.44. The second-order valence-electron chi connectivity index (χ2n) is 6.49. The van der Waals surface area contributed by atoms with Crippen molar-refractivity contribution >= 4 is 18.5 Å². The van der Waals surface area contributed by atoms with Gasteiger partial charge in [-0.2, -0.15) is 12.6 Å². The van der Waals surface area contributed by atoms with Crippen LogP contribution in [0.25, 0.3) is 0 Å². The number of rotatable bonds is 8. The predicted octanol–water partition coefficient (Wildman–Crippen LogP) is 2.29. The minimum absolute atomic E-state index is 0.0713. The summed E-state index contributed by atoms with van der Waals surface area (Å²) in [5, 5.41) is 0.484. The average Bonchev–Trinajstić information content (AvgIpc) is 2.44. The fraction of sp³-hybridized carbons (Fsp3) is 0.938. The molecule has 1 aliphatic heterocycles. The van der Waals surface area contributed by atoms with Crippen LogP contribution in [0.15, 0.2) is 0 Å². The molecular formula is C16H32N2O2S. The number of nitrogens with zero attached hydrogens (tertiary/aromatic N) is 2. The highest BCUT2D eigenvalue weighted by Gasteiger charge is 2.21. The molecule has 1 amide bonds. The Morgan fingerprint density at radius 3 is 2.76 bits per heavy atom. The van der Waals surface area contributed by atoms with Gasteiger partial charge in [-0.15, -0.1) is 0 Å². The van der Waals surface area contributed by atoms with Crippen molar-refractivity contribution in [3.05, 3.63) is 0 Å². The van der Waals surface area contributed by atoms with Crippen molar-refractivity contribution < 1.29 is 9.53 Å². The van der Waals surface area contributed by atoms with E-state index in [1.165, 1.54) is 6.42 Å². The van der Waals surface area contributed by atoms with Gasteiger partial charge in [-0.05, 0) is 31.1 Å². The zero-order valence-corrected chi connectivity index (χ0v) is 14.9. The molecule has 0 saturated carbocycles. The molecule has 0 N–H and O–H groups in total. The van der Waals surface area contributed by atoms with Gasteiger partial charge in [0, 0.05) is 32.6 Å². The molecule has 21 heavy (non-hydrogen) atoms. The number of carbonyl (C=O) groups excluding carboxylic acids is 1. The molecule has 0 radical (unpaired) electrons. The van der Waals surface area contributed by atoms with Gasteiger partial charge < -0.3 is 9.64 Å². The zero-order valence-electron chi connectivity index (χ0n) is 14.0. The van der Waals surface area contributed by atoms with E-state index in [0.29, 0.717) is 5.25 Å². The molecule has 124 valence electrons. The monoisotopic (exact) mass is 316 g/mol. The minimum Gasteiger partial charge on any atom is -0.375 e. The van der Waals surface area contributed by atoms with Crippen LogP contribution in [0.5, 0.6) is 0 Å². The Labute approximate surface area is 135 Å².